The Labute approximate surface area is 119 Å². The number of hydrogen-bond acceptors (Lipinski definition) is 3. The number of nitrogens with zero attached hydrogens (tertiary/aromatic N) is 1. The highest BCUT2D eigenvalue weighted by Crippen LogP contribution is 2.60. The number of aliphatic carboxylic acids is 1. The van der Waals surface area contributed by atoms with Gasteiger partial charge in [0.25, 0.3) is 10.2 Å². The first-order valence-electron chi connectivity index (χ1n) is 7.40. The van der Waals surface area contributed by atoms with Crippen molar-refractivity contribution in [3.63, 3.8) is 0 Å². The molecule has 7 heteroatoms. The van der Waals surface area contributed by atoms with Gasteiger partial charge in [0, 0.05) is 19.6 Å². The van der Waals surface area contributed by atoms with Crippen molar-refractivity contribution in [1.82, 2.24) is 9.03 Å². The predicted octanol–water partition coefficient (Wildman–Crippen LogP) is 0.808. The van der Waals surface area contributed by atoms with Gasteiger partial charge in [-0.3, -0.25) is 4.79 Å². The van der Waals surface area contributed by atoms with Crippen LogP contribution in [-0.2, 0) is 15.0 Å². The van der Waals surface area contributed by atoms with E-state index in [-0.39, 0.29) is 5.41 Å². The zero-order chi connectivity index (χ0) is 14.4. The summed E-state index contributed by atoms with van der Waals surface area (Å²) in [5, 5.41) is 8.93. The van der Waals surface area contributed by atoms with Crippen LogP contribution in [-0.4, -0.2) is 43.4 Å². The van der Waals surface area contributed by atoms with Crippen LogP contribution in [0.4, 0.5) is 0 Å². The minimum Gasteiger partial charge on any atom is -0.481 e. The van der Waals surface area contributed by atoms with E-state index in [0.717, 1.165) is 18.8 Å². The Morgan fingerprint density at radius 3 is 2.25 bits per heavy atom. The van der Waals surface area contributed by atoms with Gasteiger partial charge in [0.15, 0.2) is 0 Å². The lowest BCUT2D eigenvalue weighted by atomic mass is 9.99. The molecule has 1 heterocycles. The Hall–Kier alpha value is -0.660. The van der Waals surface area contributed by atoms with Crippen LogP contribution >= 0.6 is 0 Å². The van der Waals surface area contributed by atoms with E-state index in [0.29, 0.717) is 32.5 Å². The first-order chi connectivity index (χ1) is 9.43. The quantitative estimate of drug-likeness (QED) is 0.760. The van der Waals surface area contributed by atoms with Gasteiger partial charge in [-0.25, -0.2) is 4.72 Å². The molecule has 0 atom stereocenters. The molecule has 0 aromatic rings. The molecule has 0 unspecified atom stereocenters. The van der Waals surface area contributed by atoms with Crippen LogP contribution in [0.1, 0.15) is 38.5 Å². The number of piperidine rings is 1. The van der Waals surface area contributed by atoms with E-state index in [9.17, 15) is 13.2 Å². The SMILES string of the molecule is O=C(O)C1CCN(S(=O)(=O)NCC2(C3CC3)CC2)CC1. The monoisotopic (exact) mass is 302 g/mol. The minimum absolute atomic E-state index is 0.243. The third kappa shape index (κ3) is 2.84. The van der Waals surface area contributed by atoms with Gasteiger partial charge in [-0.1, -0.05) is 0 Å². The molecular formula is C13H22N2O4S. The van der Waals surface area contributed by atoms with Gasteiger partial charge in [0.1, 0.15) is 0 Å². The average Bonchev–Trinajstić information content (AvgIpc) is 3.28. The van der Waals surface area contributed by atoms with E-state index in [1.807, 2.05) is 0 Å². The molecule has 0 aromatic heterocycles. The molecule has 3 fully saturated rings. The summed E-state index contributed by atoms with van der Waals surface area (Å²) in [6.45, 7) is 1.17. The van der Waals surface area contributed by atoms with Crippen molar-refractivity contribution in [2.24, 2.45) is 17.3 Å². The molecule has 0 bridgehead atoms. The molecule has 0 radical (unpaired) electrons. The number of carbonyl (C=O) groups is 1. The van der Waals surface area contributed by atoms with Gasteiger partial charge in [-0.2, -0.15) is 12.7 Å². The fraction of sp³-hybridized carbons (Fsp3) is 0.923. The summed E-state index contributed by atoms with van der Waals surface area (Å²) >= 11 is 0. The van der Waals surface area contributed by atoms with E-state index < -0.39 is 22.1 Å². The summed E-state index contributed by atoms with van der Waals surface area (Å²) in [5.74, 6) is -0.494. The zero-order valence-electron chi connectivity index (χ0n) is 11.5. The molecule has 2 saturated carbocycles. The third-order valence-electron chi connectivity index (χ3n) is 5.09. The molecular weight excluding hydrogens is 280 g/mol. The molecule has 2 aliphatic carbocycles. The Morgan fingerprint density at radius 2 is 1.80 bits per heavy atom. The summed E-state index contributed by atoms with van der Waals surface area (Å²) in [6, 6.07) is 0. The van der Waals surface area contributed by atoms with Crippen LogP contribution in [0.15, 0.2) is 0 Å². The van der Waals surface area contributed by atoms with E-state index >= 15 is 0 Å². The Bertz CT molecular complexity index is 489. The first kappa shape index (κ1) is 14.3. The molecule has 1 saturated heterocycles. The van der Waals surface area contributed by atoms with Gasteiger partial charge in [0.05, 0.1) is 5.92 Å². The highest BCUT2D eigenvalue weighted by Gasteiger charge is 2.54. The average molecular weight is 302 g/mol. The summed E-state index contributed by atoms with van der Waals surface area (Å²) in [5.41, 5.74) is 0.243. The maximum Gasteiger partial charge on any atom is 0.306 e. The van der Waals surface area contributed by atoms with E-state index in [2.05, 4.69) is 4.72 Å². The van der Waals surface area contributed by atoms with Crippen LogP contribution in [0, 0.1) is 17.3 Å². The van der Waals surface area contributed by atoms with E-state index in [1.165, 1.54) is 17.1 Å². The van der Waals surface area contributed by atoms with Crippen molar-refractivity contribution in [2.75, 3.05) is 19.6 Å². The second kappa shape index (κ2) is 4.96. The van der Waals surface area contributed by atoms with Gasteiger partial charge in [-0.05, 0) is 49.9 Å². The molecule has 6 nitrogen and oxygen atoms in total. The lowest BCUT2D eigenvalue weighted by molar-refractivity contribution is -0.142. The maximum absolute atomic E-state index is 12.2. The number of carboxylic acids is 1. The molecule has 3 aliphatic rings. The molecule has 2 N–H and O–H groups in total. The highest BCUT2D eigenvalue weighted by atomic mass is 32.2. The number of carboxylic acid groups (broad SMARTS) is 1. The first-order valence-corrected chi connectivity index (χ1v) is 8.84. The van der Waals surface area contributed by atoms with Crippen LogP contribution in [0.2, 0.25) is 0 Å². The fourth-order valence-electron chi connectivity index (χ4n) is 3.25. The van der Waals surface area contributed by atoms with Crippen molar-refractivity contribution in [3.8, 4) is 0 Å². The van der Waals surface area contributed by atoms with Crippen LogP contribution in [0.25, 0.3) is 0 Å². The second-order valence-corrected chi connectivity index (χ2v) is 8.23. The van der Waals surface area contributed by atoms with Gasteiger partial charge in [-0.15, -0.1) is 0 Å². The second-order valence-electron chi connectivity index (χ2n) is 6.47. The fourth-order valence-corrected chi connectivity index (χ4v) is 4.60. The smallest absolute Gasteiger partial charge is 0.306 e. The van der Waals surface area contributed by atoms with Gasteiger partial charge < -0.3 is 5.11 Å². The van der Waals surface area contributed by atoms with Gasteiger partial charge in [0.2, 0.25) is 0 Å². The third-order valence-corrected chi connectivity index (χ3v) is 6.64. The molecule has 0 amide bonds. The number of hydrogen-bond donors (Lipinski definition) is 2. The van der Waals surface area contributed by atoms with Crippen molar-refractivity contribution in [3.05, 3.63) is 0 Å². The van der Waals surface area contributed by atoms with Crippen molar-refractivity contribution >= 4 is 16.2 Å². The lowest BCUT2D eigenvalue weighted by Gasteiger charge is -2.30. The zero-order valence-corrected chi connectivity index (χ0v) is 12.4. The molecule has 3 rings (SSSR count). The Morgan fingerprint density at radius 1 is 1.20 bits per heavy atom. The van der Waals surface area contributed by atoms with E-state index in [4.69, 9.17) is 5.11 Å². The number of nitrogens with one attached hydrogen (secondary N) is 1. The molecule has 114 valence electrons. The van der Waals surface area contributed by atoms with Gasteiger partial charge >= 0.3 is 5.97 Å². The topological polar surface area (TPSA) is 86.7 Å². The van der Waals surface area contributed by atoms with Crippen molar-refractivity contribution in [1.29, 1.82) is 0 Å². The summed E-state index contributed by atoms with van der Waals surface area (Å²) in [4.78, 5) is 10.9. The molecule has 0 aromatic carbocycles. The lowest BCUT2D eigenvalue weighted by Crippen LogP contribution is -2.47. The minimum atomic E-state index is -3.44. The maximum atomic E-state index is 12.2. The Balaban J connectivity index is 1.52. The molecule has 0 spiro atoms. The van der Waals surface area contributed by atoms with Crippen molar-refractivity contribution in [2.45, 2.75) is 38.5 Å². The van der Waals surface area contributed by atoms with E-state index in [1.54, 1.807) is 0 Å². The normalized spacial score (nSPS) is 27.4. The van der Waals surface area contributed by atoms with Crippen LogP contribution in [0.3, 0.4) is 0 Å². The molecule has 20 heavy (non-hydrogen) atoms. The van der Waals surface area contributed by atoms with Crippen LogP contribution in [0.5, 0.6) is 0 Å². The number of rotatable bonds is 6. The Kier molecular flexibility index (Phi) is 3.54. The highest BCUT2D eigenvalue weighted by molar-refractivity contribution is 7.87. The largest absolute Gasteiger partial charge is 0.481 e. The predicted molar refractivity (Wildman–Crippen MR) is 73.2 cm³/mol. The standard InChI is InChI=1S/C13H22N2O4S/c16-12(17)10-3-7-15(8-4-10)20(18,19)14-9-13(5-6-13)11-1-2-11/h10-11,14H,1-9H2,(H,16,17). The van der Waals surface area contributed by atoms with Crippen LogP contribution < -0.4 is 4.72 Å². The molecule has 1 aliphatic heterocycles. The summed E-state index contributed by atoms with van der Waals surface area (Å²) in [6.07, 6.45) is 5.58. The summed E-state index contributed by atoms with van der Waals surface area (Å²) in [7, 11) is -3.44. The van der Waals surface area contributed by atoms with Crippen molar-refractivity contribution < 1.29 is 18.3 Å². The summed E-state index contributed by atoms with van der Waals surface area (Å²) < 4.78 is 28.6.